The third-order valence-electron chi connectivity index (χ3n) is 2.06. The zero-order valence-electron chi connectivity index (χ0n) is 8.95. The predicted molar refractivity (Wildman–Crippen MR) is 76.9 cm³/mol. The normalized spacial score (nSPS) is 11.6. The molecule has 0 saturated carbocycles. The number of rotatable bonds is 3. The highest BCUT2D eigenvalue weighted by atomic mass is 79.9. The number of benzene rings is 1. The van der Waals surface area contributed by atoms with Gasteiger partial charge in [-0.1, -0.05) is 15.9 Å². The zero-order chi connectivity index (χ0) is 14.2. The van der Waals surface area contributed by atoms with Gasteiger partial charge in [-0.05, 0) is 40.2 Å². The molecule has 19 heavy (non-hydrogen) atoms. The minimum atomic E-state index is -4.01. The summed E-state index contributed by atoms with van der Waals surface area (Å²) in [6.45, 7) is 0. The number of hydrogen-bond donors (Lipinski definition) is 1. The summed E-state index contributed by atoms with van der Waals surface area (Å²) in [7, 11) is -4.01. The average Bonchev–Trinajstić information content (AvgIpc) is 2.71. The van der Waals surface area contributed by atoms with Crippen molar-refractivity contribution >= 4 is 58.9 Å². The van der Waals surface area contributed by atoms with E-state index in [0.717, 1.165) is 23.5 Å². The molecule has 1 aromatic carbocycles. The first-order valence-electron chi connectivity index (χ1n) is 4.72. The molecule has 2 aromatic rings. The Morgan fingerprint density at radius 1 is 1.11 bits per heavy atom. The number of hydrogen-bond acceptors (Lipinski definition) is 3. The van der Waals surface area contributed by atoms with Crippen molar-refractivity contribution in [2.75, 3.05) is 4.72 Å². The molecule has 0 aliphatic carbocycles. The summed E-state index contributed by atoms with van der Waals surface area (Å²) in [4.78, 5) is 0. The van der Waals surface area contributed by atoms with E-state index in [4.69, 9.17) is 0 Å². The van der Waals surface area contributed by atoms with Crippen LogP contribution in [0.3, 0.4) is 0 Å². The van der Waals surface area contributed by atoms with Gasteiger partial charge in [-0.3, -0.25) is 4.72 Å². The Labute approximate surface area is 129 Å². The molecule has 0 aliphatic heterocycles. The van der Waals surface area contributed by atoms with Gasteiger partial charge in [-0.15, -0.1) is 11.3 Å². The molecule has 0 fully saturated rings. The lowest BCUT2D eigenvalue weighted by atomic mass is 10.3. The van der Waals surface area contributed by atoms with Crippen LogP contribution in [0.1, 0.15) is 0 Å². The minimum absolute atomic E-state index is 0.0407. The highest BCUT2D eigenvalue weighted by molar-refractivity contribution is 9.11. The number of thiophene rings is 1. The lowest BCUT2D eigenvalue weighted by Crippen LogP contribution is -2.14. The van der Waals surface area contributed by atoms with Gasteiger partial charge in [0.15, 0.2) is 11.6 Å². The Bertz CT molecular complexity index is 708. The Morgan fingerprint density at radius 2 is 1.68 bits per heavy atom. The van der Waals surface area contributed by atoms with E-state index in [2.05, 4.69) is 31.9 Å². The van der Waals surface area contributed by atoms with Crippen molar-refractivity contribution in [2.24, 2.45) is 0 Å². The number of nitrogens with one attached hydrogen (secondary N) is 1. The first kappa shape index (κ1) is 14.9. The fourth-order valence-electron chi connectivity index (χ4n) is 1.27. The van der Waals surface area contributed by atoms with Crippen molar-refractivity contribution in [1.29, 1.82) is 0 Å². The molecule has 1 aromatic heterocycles. The summed E-state index contributed by atoms with van der Waals surface area (Å²) < 4.78 is 53.6. The number of anilines is 1. The first-order chi connectivity index (χ1) is 8.79. The minimum Gasteiger partial charge on any atom is -0.273 e. The van der Waals surface area contributed by atoms with Gasteiger partial charge in [0.05, 0.1) is 3.79 Å². The van der Waals surface area contributed by atoms with Gasteiger partial charge in [-0.25, -0.2) is 17.2 Å². The topological polar surface area (TPSA) is 46.2 Å². The molecule has 0 saturated heterocycles. The van der Waals surface area contributed by atoms with Crippen LogP contribution in [0, 0.1) is 11.6 Å². The van der Waals surface area contributed by atoms with Crippen molar-refractivity contribution in [3.8, 4) is 0 Å². The second-order valence-corrected chi connectivity index (χ2v) is 8.70. The van der Waals surface area contributed by atoms with Crippen molar-refractivity contribution in [2.45, 2.75) is 4.21 Å². The van der Waals surface area contributed by atoms with Gasteiger partial charge >= 0.3 is 0 Å². The molecule has 1 N–H and O–H groups in total. The molecule has 2 rings (SSSR count). The molecule has 0 radical (unpaired) electrons. The van der Waals surface area contributed by atoms with Crippen molar-refractivity contribution < 1.29 is 17.2 Å². The van der Waals surface area contributed by atoms with Crippen molar-refractivity contribution in [3.63, 3.8) is 0 Å². The predicted octanol–water partition coefficient (Wildman–Crippen LogP) is 4.35. The Kier molecular flexibility index (Phi) is 4.29. The van der Waals surface area contributed by atoms with Crippen LogP contribution in [0.15, 0.2) is 36.7 Å². The molecular weight excluding hydrogens is 428 g/mol. The van der Waals surface area contributed by atoms with Crippen LogP contribution in [-0.2, 0) is 10.0 Å². The summed E-state index contributed by atoms with van der Waals surface area (Å²) in [5.41, 5.74) is -0.701. The summed E-state index contributed by atoms with van der Waals surface area (Å²) in [5.74, 6) is -1.99. The van der Waals surface area contributed by atoms with E-state index in [1.165, 1.54) is 12.1 Å². The van der Waals surface area contributed by atoms with Crippen molar-refractivity contribution in [3.05, 3.63) is 44.2 Å². The van der Waals surface area contributed by atoms with Gasteiger partial charge in [0.25, 0.3) is 10.0 Å². The molecule has 1 heterocycles. The zero-order valence-corrected chi connectivity index (χ0v) is 13.8. The number of halogens is 4. The van der Waals surface area contributed by atoms with Crippen LogP contribution >= 0.6 is 43.2 Å². The highest BCUT2D eigenvalue weighted by Gasteiger charge is 2.21. The monoisotopic (exact) mass is 431 g/mol. The summed E-state index contributed by atoms with van der Waals surface area (Å²) in [6.07, 6.45) is 0. The third-order valence-corrected chi connectivity index (χ3v) is 5.98. The van der Waals surface area contributed by atoms with Crippen LogP contribution in [0.5, 0.6) is 0 Å². The summed E-state index contributed by atoms with van der Waals surface area (Å²) in [6, 6.07) is 4.83. The van der Waals surface area contributed by atoms with Crippen LogP contribution in [0.4, 0.5) is 14.5 Å². The molecule has 3 nitrogen and oxygen atoms in total. The van der Waals surface area contributed by atoms with Gasteiger partial charge in [0.1, 0.15) is 9.90 Å². The highest BCUT2D eigenvalue weighted by Crippen LogP contribution is 2.30. The number of sulfonamides is 1. The summed E-state index contributed by atoms with van der Waals surface area (Å²) in [5, 5.41) is 0. The Morgan fingerprint density at radius 3 is 2.16 bits per heavy atom. The maximum atomic E-state index is 13.6. The van der Waals surface area contributed by atoms with E-state index in [1.54, 1.807) is 0 Å². The third kappa shape index (κ3) is 3.33. The second-order valence-electron chi connectivity index (χ2n) is 3.41. The van der Waals surface area contributed by atoms with Gasteiger partial charge in [0, 0.05) is 4.47 Å². The van der Waals surface area contributed by atoms with Gasteiger partial charge in [-0.2, -0.15) is 0 Å². The van der Waals surface area contributed by atoms with Crippen molar-refractivity contribution in [1.82, 2.24) is 0 Å². The quantitative estimate of drug-likeness (QED) is 0.783. The molecule has 0 bridgehead atoms. The van der Waals surface area contributed by atoms with Gasteiger partial charge in [0.2, 0.25) is 0 Å². The fourth-order valence-corrected chi connectivity index (χ4v) is 4.75. The van der Waals surface area contributed by atoms with E-state index in [9.17, 15) is 17.2 Å². The van der Waals surface area contributed by atoms with E-state index in [1.807, 2.05) is 4.72 Å². The molecule has 102 valence electrons. The second kappa shape index (κ2) is 5.47. The molecular formula is C10H5Br2F2NO2S2. The first-order valence-corrected chi connectivity index (χ1v) is 8.61. The average molecular weight is 433 g/mol. The Balaban J connectivity index is 2.41. The van der Waals surface area contributed by atoms with E-state index >= 15 is 0 Å². The van der Waals surface area contributed by atoms with E-state index in [-0.39, 0.29) is 8.68 Å². The molecule has 0 amide bonds. The molecule has 0 atom stereocenters. The van der Waals surface area contributed by atoms with Crippen LogP contribution in [0.25, 0.3) is 0 Å². The van der Waals surface area contributed by atoms with Crippen LogP contribution in [-0.4, -0.2) is 8.42 Å². The molecule has 0 aliphatic rings. The van der Waals surface area contributed by atoms with Crippen LogP contribution in [0.2, 0.25) is 0 Å². The molecule has 0 spiro atoms. The standard InChI is InChI=1S/C10H5Br2F2NO2S2/c11-5-3-6(13)10(7(14)4-5)15-19(16,17)9-2-1-8(12)18-9/h1-4,15H. The summed E-state index contributed by atoms with van der Waals surface area (Å²) >= 11 is 6.97. The fraction of sp³-hybridized carbons (Fsp3) is 0. The van der Waals surface area contributed by atoms with E-state index in [0.29, 0.717) is 3.79 Å². The molecule has 0 unspecified atom stereocenters. The smallest absolute Gasteiger partial charge is 0.271 e. The Hall–Kier alpha value is -0.510. The lowest BCUT2D eigenvalue weighted by Gasteiger charge is -2.08. The maximum Gasteiger partial charge on any atom is 0.271 e. The van der Waals surface area contributed by atoms with Crippen LogP contribution < -0.4 is 4.72 Å². The SMILES string of the molecule is O=S(=O)(Nc1c(F)cc(Br)cc1F)c1ccc(Br)s1. The molecule has 9 heteroatoms. The van der Waals surface area contributed by atoms with E-state index < -0.39 is 27.3 Å². The maximum absolute atomic E-state index is 13.6. The van der Waals surface area contributed by atoms with Gasteiger partial charge < -0.3 is 0 Å². The lowest BCUT2D eigenvalue weighted by molar-refractivity contribution is 0.582. The largest absolute Gasteiger partial charge is 0.273 e.